The molecule has 0 atom stereocenters. The van der Waals surface area contributed by atoms with Gasteiger partial charge in [0.25, 0.3) is 0 Å². The van der Waals surface area contributed by atoms with Gasteiger partial charge in [-0.3, -0.25) is 0 Å². The molecule has 4 nitrogen and oxygen atoms in total. The van der Waals surface area contributed by atoms with E-state index in [1.165, 1.54) is 0 Å². The molecular formula is C11H20N4S. The van der Waals surface area contributed by atoms with Gasteiger partial charge in [-0.15, -0.1) is 5.10 Å². The second-order valence-electron chi connectivity index (χ2n) is 4.40. The molecule has 0 unspecified atom stereocenters. The molecule has 1 heterocycles. The summed E-state index contributed by atoms with van der Waals surface area (Å²) >= 11 is 4.99. The number of hydrogen-bond donors (Lipinski definition) is 1. The van der Waals surface area contributed by atoms with E-state index in [1.807, 2.05) is 4.68 Å². The van der Waals surface area contributed by atoms with Crippen molar-refractivity contribution < 1.29 is 0 Å². The first-order valence-corrected chi connectivity index (χ1v) is 6.19. The predicted octanol–water partition coefficient (Wildman–Crippen LogP) is 1.91. The van der Waals surface area contributed by atoms with Crippen LogP contribution in [0.3, 0.4) is 0 Å². The van der Waals surface area contributed by atoms with Crippen molar-refractivity contribution in [2.24, 2.45) is 11.7 Å². The lowest BCUT2D eigenvalue weighted by molar-refractivity contribution is 0.523. The Labute approximate surface area is 102 Å². The van der Waals surface area contributed by atoms with E-state index in [0.29, 0.717) is 16.6 Å². The summed E-state index contributed by atoms with van der Waals surface area (Å²) in [6.45, 7) is 7.40. The fourth-order valence-corrected chi connectivity index (χ4v) is 1.75. The Kier molecular flexibility index (Phi) is 4.86. The standard InChI is InChI=1S/C11H20N4S/c1-4-7-15-9(6-5-8(2)3)10(11(12)16)13-14-15/h8H,4-7H2,1-3H3,(H2,12,16). The highest BCUT2D eigenvalue weighted by Gasteiger charge is 2.14. The van der Waals surface area contributed by atoms with Crippen LogP contribution in [0.4, 0.5) is 0 Å². The lowest BCUT2D eigenvalue weighted by Crippen LogP contribution is -2.15. The van der Waals surface area contributed by atoms with Gasteiger partial charge in [0.15, 0.2) is 0 Å². The minimum Gasteiger partial charge on any atom is -0.388 e. The number of aromatic nitrogens is 3. The summed E-state index contributed by atoms with van der Waals surface area (Å²) in [5.74, 6) is 0.657. The average molecular weight is 240 g/mol. The van der Waals surface area contributed by atoms with Crippen LogP contribution in [0.2, 0.25) is 0 Å². The average Bonchev–Trinajstić information content (AvgIpc) is 2.58. The summed E-state index contributed by atoms with van der Waals surface area (Å²) in [7, 11) is 0. The smallest absolute Gasteiger partial charge is 0.143 e. The summed E-state index contributed by atoms with van der Waals surface area (Å²) in [6.07, 6.45) is 3.08. The van der Waals surface area contributed by atoms with E-state index >= 15 is 0 Å². The van der Waals surface area contributed by atoms with Gasteiger partial charge in [0.1, 0.15) is 10.7 Å². The predicted molar refractivity (Wildman–Crippen MR) is 69.4 cm³/mol. The Hall–Kier alpha value is -0.970. The van der Waals surface area contributed by atoms with E-state index in [1.54, 1.807) is 0 Å². The molecule has 5 heteroatoms. The molecule has 1 rings (SSSR count). The van der Waals surface area contributed by atoms with Gasteiger partial charge in [-0.1, -0.05) is 38.2 Å². The van der Waals surface area contributed by atoms with Gasteiger partial charge < -0.3 is 5.73 Å². The van der Waals surface area contributed by atoms with Crippen LogP contribution in [0.5, 0.6) is 0 Å². The van der Waals surface area contributed by atoms with Crippen molar-refractivity contribution in [3.63, 3.8) is 0 Å². The van der Waals surface area contributed by atoms with Crippen molar-refractivity contribution in [3.8, 4) is 0 Å². The van der Waals surface area contributed by atoms with E-state index < -0.39 is 0 Å². The van der Waals surface area contributed by atoms with Crippen LogP contribution in [0.15, 0.2) is 0 Å². The third kappa shape index (κ3) is 3.27. The molecule has 0 bridgehead atoms. The number of nitrogens with zero attached hydrogens (tertiary/aromatic N) is 3. The molecule has 0 radical (unpaired) electrons. The maximum atomic E-state index is 5.65. The quantitative estimate of drug-likeness (QED) is 0.772. The maximum absolute atomic E-state index is 5.65. The Morgan fingerprint density at radius 1 is 1.50 bits per heavy atom. The zero-order valence-corrected chi connectivity index (χ0v) is 11.0. The van der Waals surface area contributed by atoms with Crippen molar-refractivity contribution in [2.45, 2.75) is 46.6 Å². The van der Waals surface area contributed by atoms with Gasteiger partial charge in [-0.05, 0) is 25.2 Å². The summed E-state index contributed by atoms with van der Waals surface area (Å²) in [5.41, 5.74) is 7.43. The van der Waals surface area contributed by atoms with Crippen LogP contribution in [-0.4, -0.2) is 20.0 Å². The SMILES string of the molecule is CCCn1nnc(C(N)=S)c1CCC(C)C. The molecule has 16 heavy (non-hydrogen) atoms. The highest BCUT2D eigenvalue weighted by molar-refractivity contribution is 7.80. The monoisotopic (exact) mass is 240 g/mol. The highest BCUT2D eigenvalue weighted by Crippen LogP contribution is 2.12. The van der Waals surface area contributed by atoms with Crippen LogP contribution in [0, 0.1) is 5.92 Å². The van der Waals surface area contributed by atoms with Gasteiger partial charge >= 0.3 is 0 Å². The van der Waals surface area contributed by atoms with Crippen molar-refractivity contribution >= 4 is 17.2 Å². The number of aryl methyl sites for hydroxylation is 1. The normalized spacial score (nSPS) is 11.0. The summed E-state index contributed by atoms with van der Waals surface area (Å²) < 4.78 is 1.93. The Morgan fingerprint density at radius 3 is 2.69 bits per heavy atom. The minimum absolute atomic E-state index is 0.348. The largest absolute Gasteiger partial charge is 0.388 e. The van der Waals surface area contributed by atoms with Crippen LogP contribution in [0.25, 0.3) is 0 Å². The van der Waals surface area contributed by atoms with Crippen molar-refractivity contribution in [2.75, 3.05) is 0 Å². The first kappa shape index (κ1) is 13.1. The van der Waals surface area contributed by atoms with Crippen molar-refractivity contribution in [3.05, 3.63) is 11.4 Å². The fourth-order valence-electron chi connectivity index (χ4n) is 1.59. The van der Waals surface area contributed by atoms with E-state index in [4.69, 9.17) is 18.0 Å². The molecule has 0 spiro atoms. The summed E-state index contributed by atoms with van der Waals surface area (Å²) in [5, 5.41) is 8.16. The van der Waals surface area contributed by atoms with Crippen molar-refractivity contribution in [1.82, 2.24) is 15.0 Å². The van der Waals surface area contributed by atoms with Crippen LogP contribution in [0.1, 0.15) is 45.0 Å². The van der Waals surface area contributed by atoms with Crippen LogP contribution < -0.4 is 5.73 Å². The number of rotatable bonds is 6. The minimum atomic E-state index is 0.348. The Morgan fingerprint density at radius 2 is 2.19 bits per heavy atom. The van der Waals surface area contributed by atoms with E-state index in [0.717, 1.165) is 31.5 Å². The molecular weight excluding hydrogens is 220 g/mol. The number of nitrogens with two attached hydrogens (primary N) is 1. The molecule has 90 valence electrons. The van der Waals surface area contributed by atoms with Crippen LogP contribution in [-0.2, 0) is 13.0 Å². The lowest BCUT2D eigenvalue weighted by atomic mass is 10.1. The Balaban J connectivity index is 2.89. The van der Waals surface area contributed by atoms with Gasteiger partial charge in [0.2, 0.25) is 0 Å². The van der Waals surface area contributed by atoms with Gasteiger partial charge in [0, 0.05) is 6.54 Å². The molecule has 1 aromatic rings. The molecule has 0 aliphatic rings. The molecule has 0 saturated carbocycles. The Bertz CT molecular complexity index is 357. The second-order valence-corrected chi connectivity index (χ2v) is 4.84. The van der Waals surface area contributed by atoms with Gasteiger partial charge in [0.05, 0.1) is 5.69 Å². The molecule has 2 N–H and O–H groups in total. The first-order valence-electron chi connectivity index (χ1n) is 5.78. The molecule has 0 aliphatic heterocycles. The van der Waals surface area contributed by atoms with Gasteiger partial charge in [-0.25, -0.2) is 4.68 Å². The number of thiocarbonyl (C=S) groups is 1. The van der Waals surface area contributed by atoms with Gasteiger partial charge in [-0.2, -0.15) is 0 Å². The topological polar surface area (TPSA) is 56.7 Å². The zero-order chi connectivity index (χ0) is 12.1. The third-order valence-corrected chi connectivity index (χ3v) is 2.66. The van der Waals surface area contributed by atoms with E-state index in [2.05, 4.69) is 31.1 Å². The zero-order valence-electron chi connectivity index (χ0n) is 10.2. The molecule has 0 amide bonds. The molecule has 0 aliphatic carbocycles. The number of hydrogen-bond acceptors (Lipinski definition) is 3. The molecule has 0 saturated heterocycles. The van der Waals surface area contributed by atoms with E-state index in [9.17, 15) is 0 Å². The third-order valence-electron chi connectivity index (χ3n) is 2.46. The van der Waals surface area contributed by atoms with E-state index in [-0.39, 0.29) is 0 Å². The first-order chi connectivity index (χ1) is 7.56. The molecule has 0 aromatic carbocycles. The fraction of sp³-hybridized carbons (Fsp3) is 0.727. The maximum Gasteiger partial charge on any atom is 0.143 e. The summed E-state index contributed by atoms with van der Waals surface area (Å²) in [6, 6.07) is 0. The highest BCUT2D eigenvalue weighted by atomic mass is 32.1. The second kappa shape index (κ2) is 5.94. The lowest BCUT2D eigenvalue weighted by Gasteiger charge is -2.08. The van der Waals surface area contributed by atoms with Crippen molar-refractivity contribution in [1.29, 1.82) is 0 Å². The van der Waals surface area contributed by atoms with Crippen LogP contribution >= 0.6 is 12.2 Å². The molecule has 1 aromatic heterocycles. The summed E-state index contributed by atoms with van der Waals surface area (Å²) in [4.78, 5) is 0.348. The molecule has 0 fully saturated rings.